The van der Waals surface area contributed by atoms with E-state index in [1.165, 1.54) is 17.0 Å². The lowest BCUT2D eigenvalue weighted by molar-refractivity contribution is 0.0814. The van der Waals surface area contributed by atoms with Crippen LogP contribution in [0, 0.1) is 20.8 Å². The number of hydrogen-bond acceptors (Lipinski definition) is 5. The van der Waals surface area contributed by atoms with Crippen molar-refractivity contribution in [2.45, 2.75) is 40.2 Å². The minimum atomic E-state index is -2.61. The summed E-state index contributed by atoms with van der Waals surface area (Å²) in [6, 6.07) is 3.34. The van der Waals surface area contributed by atoms with Crippen molar-refractivity contribution in [2.24, 2.45) is 0 Å². The summed E-state index contributed by atoms with van der Waals surface area (Å²) >= 11 is 0. The Morgan fingerprint density at radius 1 is 1.06 bits per heavy atom. The largest absolute Gasteiger partial charge is 0.494 e. The van der Waals surface area contributed by atoms with Crippen LogP contribution in [-0.4, -0.2) is 48.9 Å². The van der Waals surface area contributed by atoms with Gasteiger partial charge in [0.2, 0.25) is 5.88 Å². The van der Waals surface area contributed by atoms with E-state index in [1.54, 1.807) is 39.1 Å². The van der Waals surface area contributed by atoms with Gasteiger partial charge in [-0.25, -0.2) is 22.5 Å². The maximum absolute atomic E-state index is 12.7. The summed E-state index contributed by atoms with van der Waals surface area (Å²) in [6.07, 6.45) is -0.787. The molecule has 4 heterocycles. The molecule has 0 spiro atoms. The van der Waals surface area contributed by atoms with Crippen LogP contribution in [0.15, 0.2) is 30.7 Å². The predicted molar refractivity (Wildman–Crippen MR) is 113 cm³/mol. The molecule has 7 nitrogen and oxygen atoms in total. The molecule has 0 saturated heterocycles. The average molecular weight is 463 g/mol. The molecule has 0 unspecified atom stereocenters. The highest BCUT2D eigenvalue weighted by atomic mass is 19.3. The van der Waals surface area contributed by atoms with Crippen LogP contribution in [-0.2, 0) is 6.54 Å². The number of pyridine rings is 2. The summed E-state index contributed by atoms with van der Waals surface area (Å²) in [4.78, 5) is 8.89. The Balaban J connectivity index is 1.79. The summed E-state index contributed by atoms with van der Waals surface area (Å²) < 4.78 is 58.3. The molecule has 0 aliphatic carbocycles. The van der Waals surface area contributed by atoms with Crippen molar-refractivity contribution in [1.29, 1.82) is 0 Å². The first kappa shape index (κ1) is 22.6. The van der Waals surface area contributed by atoms with Crippen molar-refractivity contribution in [3.05, 3.63) is 47.7 Å². The normalized spacial score (nSPS) is 11.8. The zero-order valence-corrected chi connectivity index (χ0v) is 18.1. The van der Waals surface area contributed by atoms with Crippen molar-refractivity contribution in [2.75, 3.05) is 6.61 Å². The molecule has 0 atom stereocenters. The van der Waals surface area contributed by atoms with Gasteiger partial charge >= 0.3 is 0 Å². The van der Waals surface area contributed by atoms with Crippen molar-refractivity contribution in [3.8, 4) is 28.6 Å². The van der Waals surface area contributed by atoms with Gasteiger partial charge in [-0.05, 0) is 38.5 Å². The topological polar surface area (TPSA) is 78.0 Å². The minimum absolute atomic E-state index is 0.0846. The van der Waals surface area contributed by atoms with Crippen LogP contribution in [0.1, 0.15) is 17.0 Å². The average Bonchev–Trinajstić information content (AvgIpc) is 3.28. The first-order valence-electron chi connectivity index (χ1n) is 10.1. The number of alkyl halides is 4. The van der Waals surface area contributed by atoms with Crippen molar-refractivity contribution >= 4 is 10.9 Å². The van der Waals surface area contributed by atoms with Crippen LogP contribution in [0.3, 0.4) is 0 Å². The molecule has 0 aliphatic heterocycles. The molecule has 4 rings (SSSR count). The monoisotopic (exact) mass is 463 g/mol. The van der Waals surface area contributed by atoms with E-state index >= 15 is 0 Å². The number of nitrogens with zero attached hydrogens (tertiary/aromatic N) is 5. The van der Waals surface area contributed by atoms with E-state index in [9.17, 15) is 22.7 Å². The fourth-order valence-electron chi connectivity index (χ4n) is 3.72. The summed E-state index contributed by atoms with van der Waals surface area (Å²) in [5.74, 6) is 0.148. The third-order valence-corrected chi connectivity index (χ3v) is 5.23. The number of hydrogen-bond donors (Lipinski definition) is 1. The van der Waals surface area contributed by atoms with Crippen molar-refractivity contribution in [1.82, 2.24) is 24.3 Å². The van der Waals surface area contributed by atoms with Crippen molar-refractivity contribution < 1.29 is 27.4 Å². The molecule has 33 heavy (non-hydrogen) atoms. The van der Waals surface area contributed by atoms with Crippen LogP contribution in [0.5, 0.6) is 11.6 Å². The van der Waals surface area contributed by atoms with E-state index in [0.717, 1.165) is 4.68 Å². The third-order valence-electron chi connectivity index (χ3n) is 5.23. The Hall–Kier alpha value is -3.63. The first-order valence-corrected chi connectivity index (χ1v) is 10.1. The molecule has 4 aromatic heterocycles. The molecule has 0 aromatic carbocycles. The maximum atomic E-state index is 12.7. The van der Waals surface area contributed by atoms with Gasteiger partial charge in [-0.2, -0.15) is 5.10 Å². The SMILES string of the molecule is Cc1ncc(-c2cc(C)c3c(O)n(-c4cnn(CC(F)F)c4)c(C)c3n2)cc1OCC(F)F. The van der Waals surface area contributed by atoms with E-state index < -0.39 is 26.0 Å². The van der Waals surface area contributed by atoms with Crippen LogP contribution in [0.25, 0.3) is 27.8 Å². The molecule has 1 N–H and O–H groups in total. The van der Waals surface area contributed by atoms with Gasteiger partial charge in [-0.3, -0.25) is 14.2 Å². The van der Waals surface area contributed by atoms with E-state index in [0.29, 0.717) is 44.8 Å². The highest BCUT2D eigenvalue weighted by Gasteiger charge is 2.21. The number of ether oxygens (including phenoxy) is 1. The van der Waals surface area contributed by atoms with Crippen LogP contribution in [0.2, 0.25) is 0 Å². The van der Waals surface area contributed by atoms with Gasteiger partial charge in [0.25, 0.3) is 12.9 Å². The molecule has 0 radical (unpaired) electrons. The Bertz CT molecular complexity index is 1320. The van der Waals surface area contributed by atoms with Gasteiger partial charge < -0.3 is 9.84 Å². The minimum Gasteiger partial charge on any atom is -0.494 e. The van der Waals surface area contributed by atoms with Gasteiger partial charge in [0, 0.05) is 23.7 Å². The standard InChI is InChI=1S/C22H21F4N5O2/c1-11-4-16(14-5-17(12(2)27-6-14)33-10-19(25)26)29-21-13(3)31(22(32)20(11)21)15-7-28-30(8-15)9-18(23)24/h4-8,18-19,32H,9-10H2,1-3H3. The zero-order valence-electron chi connectivity index (χ0n) is 18.1. The molecule has 0 amide bonds. The fourth-order valence-corrected chi connectivity index (χ4v) is 3.72. The second-order valence-corrected chi connectivity index (χ2v) is 7.61. The summed E-state index contributed by atoms with van der Waals surface area (Å²) in [7, 11) is 0. The highest BCUT2D eigenvalue weighted by Crippen LogP contribution is 2.37. The summed E-state index contributed by atoms with van der Waals surface area (Å²) in [5, 5.41) is 15.3. The molecule has 0 saturated carbocycles. The summed E-state index contributed by atoms with van der Waals surface area (Å²) in [5.41, 5.74) is 3.76. The van der Waals surface area contributed by atoms with Crippen molar-refractivity contribution in [3.63, 3.8) is 0 Å². The Morgan fingerprint density at radius 2 is 1.82 bits per heavy atom. The second kappa shape index (κ2) is 8.72. The number of fused-ring (bicyclic) bond motifs is 1. The van der Waals surface area contributed by atoms with Gasteiger partial charge in [0.1, 0.15) is 18.9 Å². The molecular weight excluding hydrogens is 442 g/mol. The van der Waals surface area contributed by atoms with Crippen LogP contribution < -0.4 is 4.74 Å². The molecule has 0 aliphatic rings. The molecule has 0 fully saturated rings. The first-order chi connectivity index (χ1) is 15.7. The Morgan fingerprint density at radius 3 is 2.52 bits per heavy atom. The number of aryl methyl sites for hydroxylation is 3. The molecular formula is C22H21F4N5O2. The lowest BCUT2D eigenvalue weighted by atomic mass is 10.1. The predicted octanol–water partition coefficient (Wildman–Crippen LogP) is 4.82. The number of aromatic nitrogens is 5. The molecule has 4 aromatic rings. The lowest BCUT2D eigenvalue weighted by Crippen LogP contribution is -2.08. The quantitative estimate of drug-likeness (QED) is 0.398. The Labute approximate surface area is 186 Å². The number of halogens is 4. The van der Waals surface area contributed by atoms with E-state index in [4.69, 9.17) is 4.74 Å². The number of rotatable bonds is 7. The van der Waals surface area contributed by atoms with Gasteiger partial charge in [0.05, 0.1) is 34.2 Å². The summed E-state index contributed by atoms with van der Waals surface area (Å²) in [6.45, 7) is 3.90. The Kier molecular flexibility index (Phi) is 5.96. The third kappa shape index (κ3) is 4.35. The maximum Gasteiger partial charge on any atom is 0.272 e. The molecule has 174 valence electrons. The lowest BCUT2D eigenvalue weighted by Gasteiger charge is -2.10. The van der Waals surface area contributed by atoms with Gasteiger partial charge in [-0.1, -0.05) is 0 Å². The van der Waals surface area contributed by atoms with Gasteiger partial charge in [-0.15, -0.1) is 0 Å². The second-order valence-electron chi connectivity index (χ2n) is 7.61. The highest BCUT2D eigenvalue weighted by molar-refractivity contribution is 5.93. The molecule has 11 heteroatoms. The van der Waals surface area contributed by atoms with Gasteiger partial charge in [0.15, 0.2) is 0 Å². The van der Waals surface area contributed by atoms with Crippen LogP contribution >= 0.6 is 0 Å². The smallest absolute Gasteiger partial charge is 0.272 e. The molecule has 0 bridgehead atoms. The van der Waals surface area contributed by atoms with Crippen LogP contribution in [0.4, 0.5) is 17.6 Å². The van der Waals surface area contributed by atoms with E-state index in [2.05, 4.69) is 15.1 Å². The van der Waals surface area contributed by atoms with E-state index in [1.807, 2.05) is 0 Å². The zero-order chi connectivity index (χ0) is 23.9. The number of aromatic hydroxyl groups is 1. The van der Waals surface area contributed by atoms with E-state index in [-0.39, 0.29) is 11.6 Å². The fraction of sp³-hybridized carbons (Fsp3) is 0.318.